The standard InChI is InChI=1S/C13H30N2O/c1-7-10-14-12(9-8-11-16-6)13(2,3)15(4)5/h12,14H,7-11H2,1-6H3. The van der Waals surface area contributed by atoms with Gasteiger partial charge in [0.15, 0.2) is 0 Å². The minimum absolute atomic E-state index is 0.183. The fourth-order valence-corrected chi connectivity index (χ4v) is 1.77. The summed E-state index contributed by atoms with van der Waals surface area (Å²) in [5.74, 6) is 0. The number of likely N-dealkylation sites (N-methyl/N-ethyl adjacent to an activating group) is 1. The quantitative estimate of drug-likeness (QED) is 0.614. The number of ether oxygens (including phenoxy) is 1. The lowest BCUT2D eigenvalue weighted by Crippen LogP contribution is -2.55. The van der Waals surface area contributed by atoms with Crippen molar-refractivity contribution >= 4 is 0 Å². The highest BCUT2D eigenvalue weighted by Crippen LogP contribution is 2.19. The van der Waals surface area contributed by atoms with Gasteiger partial charge in [0.1, 0.15) is 0 Å². The summed E-state index contributed by atoms with van der Waals surface area (Å²) in [6.07, 6.45) is 3.47. The zero-order chi connectivity index (χ0) is 12.6. The van der Waals surface area contributed by atoms with Gasteiger partial charge >= 0.3 is 0 Å². The van der Waals surface area contributed by atoms with Gasteiger partial charge in [0.2, 0.25) is 0 Å². The van der Waals surface area contributed by atoms with Crippen LogP contribution in [0.5, 0.6) is 0 Å². The molecule has 0 aliphatic carbocycles. The molecule has 0 amide bonds. The summed E-state index contributed by atoms with van der Waals surface area (Å²) in [5.41, 5.74) is 0.183. The van der Waals surface area contributed by atoms with Crippen LogP contribution in [-0.4, -0.2) is 50.8 Å². The van der Waals surface area contributed by atoms with Crippen LogP contribution in [0.4, 0.5) is 0 Å². The maximum Gasteiger partial charge on any atom is 0.0462 e. The van der Waals surface area contributed by atoms with Crippen LogP contribution in [0.15, 0.2) is 0 Å². The second kappa shape index (κ2) is 8.04. The average Bonchev–Trinajstić information content (AvgIpc) is 2.22. The minimum Gasteiger partial charge on any atom is -0.385 e. The molecule has 3 heteroatoms. The number of hydrogen-bond donors (Lipinski definition) is 1. The number of nitrogens with zero attached hydrogens (tertiary/aromatic N) is 1. The van der Waals surface area contributed by atoms with E-state index in [0.29, 0.717) is 6.04 Å². The fraction of sp³-hybridized carbons (Fsp3) is 1.00. The SMILES string of the molecule is CCCNC(CCCOC)C(C)(C)N(C)C. The largest absolute Gasteiger partial charge is 0.385 e. The Kier molecular flexibility index (Phi) is 7.98. The Morgan fingerprint density at radius 2 is 1.94 bits per heavy atom. The van der Waals surface area contributed by atoms with Crippen LogP contribution in [0.25, 0.3) is 0 Å². The molecule has 0 saturated carbocycles. The van der Waals surface area contributed by atoms with E-state index >= 15 is 0 Å². The molecule has 3 nitrogen and oxygen atoms in total. The van der Waals surface area contributed by atoms with E-state index in [1.54, 1.807) is 7.11 Å². The Labute approximate surface area is 102 Å². The van der Waals surface area contributed by atoms with E-state index in [1.807, 2.05) is 0 Å². The molecule has 0 aromatic heterocycles. The topological polar surface area (TPSA) is 24.5 Å². The predicted molar refractivity (Wildman–Crippen MR) is 71.0 cm³/mol. The zero-order valence-corrected chi connectivity index (χ0v) is 12.0. The molecule has 0 fully saturated rings. The van der Waals surface area contributed by atoms with Crippen molar-refractivity contribution in [2.75, 3.05) is 34.4 Å². The molecule has 98 valence electrons. The molecule has 0 aromatic carbocycles. The van der Waals surface area contributed by atoms with Gasteiger partial charge < -0.3 is 15.0 Å². The third-order valence-corrected chi connectivity index (χ3v) is 3.49. The number of methoxy groups -OCH3 is 1. The van der Waals surface area contributed by atoms with E-state index in [4.69, 9.17) is 4.74 Å². The summed E-state index contributed by atoms with van der Waals surface area (Å²) < 4.78 is 5.13. The number of nitrogens with one attached hydrogen (secondary N) is 1. The summed E-state index contributed by atoms with van der Waals surface area (Å²) >= 11 is 0. The molecule has 0 heterocycles. The Morgan fingerprint density at radius 1 is 1.31 bits per heavy atom. The lowest BCUT2D eigenvalue weighted by Gasteiger charge is -2.41. The van der Waals surface area contributed by atoms with Crippen molar-refractivity contribution in [2.24, 2.45) is 0 Å². The highest BCUT2D eigenvalue weighted by Gasteiger charge is 2.30. The first-order valence-electron chi connectivity index (χ1n) is 6.36. The van der Waals surface area contributed by atoms with Crippen LogP contribution >= 0.6 is 0 Å². The Hall–Kier alpha value is -0.120. The van der Waals surface area contributed by atoms with Crippen LogP contribution in [0.2, 0.25) is 0 Å². The summed E-state index contributed by atoms with van der Waals surface area (Å²) in [6.45, 7) is 8.75. The summed E-state index contributed by atoms with van der Waals surface area (Å²) in [4.78, 5) is 2.30. The average molecular weight is 230 g/mol. The van der Waals surface area contributed by atoms with Crippen LogP contribution in [0, 0.1) is 0 Å². The van der Waals surface area contributed by atoms with Crippen LogP contribution < -0.4 is 5.32 Å². The zero-order valence-electron chi connectivity index (χ0n) is 12.0. The highest BCUT2D eigenvalue weighted by molar-refractivity contribution is 4.91. The van der Waals surface area contributed by atoms with Gasteiger partial charge in [-0.25, -0.2) is 0 Å². The Bertz CT molecular complexity index is 169. The molecule has 0 bridgehead atoms. The van der Waals surface area contributed by atoms with E-state index < -0.39 is 0 Å². The summed E-state index contributed by atoms with van der Waals surface area (Å²) in [6, 6.07) is 0.526. The van der Waals surface area contributed by atoms with Gasteiger partial charge in [0.25, 0.3) is 0 Å². The van der Waals surface area contributed by atoms with Gasteiger partial charge in [-0.15, -0.1) is 0 Å². The second-order valence-corrected chi connectivity index (χ2v) is 5.19. The maximum absolute atomic E-state index is 5.13. The number of rotatable bonds is 9. The van der Waals surface area contributed by atoms with Crippen molar-refractivity contribution < 1.29 is 4.74 Å². The number of hydrogen-bond acceptors (Lipinski definition) is 3. The molecule has 1 atom stereocenters. The third kappa shape index (κ3) is 5.28. The third-order valence-electron chi connectivity index (χ3n) is 3.49. The van der Waals surface area contributed by atoms with Crippen molar-refractivity contribution in [2.45, 2.75) is 51.6 Å². The van der Waals surface area contributed by atoms with Gasteiger partial charge in [-0.3, -0.25) is 0 Å². The molecule has 0 rings (SSSR count). The van der Waals surface area contributed by atoms with Gasteiger partial charge in [0.05, 0.1) is 0 Å². The van der Waals surface area contributed by atoms with E-state index in [2.05, 4.69) is 45.1 Å². The molecule has 0 spiro atoms. The molecule has 0 aliphatic rings. The van der Waals surface area contributed by atoms with E-state index in [9.17, 15) is 0 Å². The molecule has 0 aliphatic heterocycles. The van der Waals surface area contributed by atoms with Crippen LogP contribution in [0.1, 0.15) is 40.0 Å². The summed E-state index contributed by atoms with van der Waals surface area (Å²) in [5, 5.41) is 3.65. The lowest BCUT2D eigenvalue weighted by molar-refractivity contribution is 0.120. The highest BCUT2D eigenvalue weighted by atomic mass is 16.5. The van der Waals surface area contributed by atoms with E-state index in [-0.39, 0.29) is 5.54 Å². The van der Waals surface area contributed by atoms with Crippen molar-refractivity contribution in [3.05, 3.63) is 0 Å². The van der Waals surface area contributed by atoms with Gasteiger partial charge in [-0.1, -0.05) is 6.92 Å². The molecule has 0 aromatic rings. The first-order valence-corrected chi connectivity index (χ1v) is 6.36. The van der Waals surface area contributed by atoms with Gasteiger partial charge in [-0.05, 0) is 53.8 Å². The second-order valence-electron chi connectivity index (χ2n) is 5.19. The molecular weight excluding hydrogens is 200 g/mol. The Balaban J connectivity index is 4.28. The van der Waals surface area contributed by atoms with Crippen molar-refractivity contribution in [3.63, 3.8) is 0 Å². The molecule has 0 saturated heterocycles. The maximum atomic E-state index is 5.13. The van der Waals surface area contributed by atoms with Gasteiger partial charge in [-0.2, -0.15) is 0 Å². The van der Waals surface area contributed by atoms with Crippen molar-refractivity contribution in [1.29, 1.82) is 0 Å². The fourth-order valence-electron chi connectivity index (χ4n) is 1.77. The van der Waals surface area contributed by atoms with Crippen LogP contribution in [-0.2, 0) is 4.74 Å². The molecule has 0 radical (unpaired) electrons. The molecule has 1 N–H and O–H groups in total. The van der Waals surface area contributed by atoms with Crippen molar-refractivity contribution in [1.82, 2.24) is 10.2 Å². The molecular formula is C13H30N2O. The smallest absolute Gasteiger partial charge is 0.0462 e. The van der Waals surface area contributed by atoms with Crippen molar-refractivity contribution in [3.8, 4) is 0 Å². The lowest BCUT2D eigenvalue weighted by atomic mass is 9.89. The first-order chi connectivity index (χ1) is 7.46. The molecule has 1 unspecified atom stereocenters. The van der Waals surface area contributed by atoms with Gasteiger partial charge in [0, 0.05) is 25.3 Å². The normalized spacial score (nSPS) is 14.4. The summed E-state index contributed by atoms with van der Waals surface area (Å²) in [7, 11) is 6.07. The minimum atomic E-state index is 0.183. The van der Waals surface area contributed by atoms with E-state index in [1.165, 1.54) is 12.8 Å². The Morgan fingerprint density at radius 3 is 2.38 bits per heavy atom. The van der Waals surface area contributed by atoms with Crippen LogP contribution in [0.3, 0.4) is 0 Å². The predicted octanol–water partition coefficient (Wildman–Crippen LogP) is 2.12. The first kappa shape index (κ1) is 15.9. The van der Waals surface area contributed by atoms with E-state index in [0.717, 1.165) is 19.6 Å². The molecule has 16 heavy (non-hydrogen) atoms. The monoisotopic (exact) mass is 230 g/mol.